The van der Waals surface area contributed by atoms with Gasteiger partial charge in [-0.1, -0.05) is 6.07 Å². The van der Waals surface area contributed by atoms with Crippen LogP contribution >= 0.6 is 11.3 Å². The summed E-state index contributed by atoms with van der Waals surface area (Å²) >= 11 is 1.73. The number of pyridine rings is 1. The van der Waals surface area contributed by atoms with Gasteiger partial charge in [-0.2, -0.15) is 0 Å². The van der Waals surface area contributed by atoms with Crippen LogP contribution in [0, 0.1) is 0 Å². The van der Waals surface area contributed by atoms with Crippen molar-refractivity contribution < 1.29 is 9.53 Å². The molecule has 0 bridgehead atoms. The van der Waals surface area contributed by atoms with E-state index in [1.807, 2.05) is 23.6 Å². The number of amides is 1. The summed E-state index contributed by atoms with van der Waals surface area (Å²) in [6.45, 7) is 3.67. The van der Waals surface area contributed by atoms with Crippen molar-refractivity contribution >= 4 is 23.1 Å². The quantitative estimate of drug-likeness (QED) is 0.914. The van der Waals surface area contributed by atoms with Crippen LogP contribution in [0.4, 0.5) is 5.82 Å². The molecular formula is C19H23N3O2S. The van der Waals surface area contributed by atoms with Crippen LogP contribution in [-0.2, 0) is 24.1 Å². The molecule has 0 atom stereocenters. The lowest BCUT2D eigenvalue weighted by atomic mass is 9.95. The highest BCUT2D eigenvalue weighted by Gasteiger charge is 2.20. The van der Waals surface area contributed by atoms with Crippen molar-refractivity contribution in [2.24, 2.45) is 0 Å². The van der Waals surface area contributed by atoms with Gasteiger partial charge in [-0.15, -0.1) is 11.3 Å². The van der Waals surface area contributed by atoms with Crippen molar-refractivity contribution in [2.45, 2.75) is 32.2 Å². The van der Waals surface area contributed by atoms with Crippen LogP contribution in [0.1, 0.15) is 39.3 Å². The monoisotopic (exact) mass is 357 g/mol. The summed E-state index contributed by atoms with van der Waals surface area (Å²) in [6, 6.07) is 5.99. The number of hydrogen-bond acceptors (Lipinski definition) is 5. The smallest absolute Gasteiger partial charge is 0.252 e. The average molecular weight is 357 g/mol. The molecule has 1 amide bonds. The maximum absolute atomic E-state index is 12.6. The molecule has 6 heteroatoms. The Morgan fingerprint density at radius 3 is 2.96 bits per heavy atom. The molecule has 1 N–H and O–H groups in total. The fraction of sp³-hybridized carbons (Fsp3) is 0.474. The van der Waals surface area contributed by atoms with Gasteiger partial charge in [0.1, 0.15) is 5.82 Å². The van der Waals surface area contributed by atoms with Crippen LogP contribution in [0.5, 0.6) is 0 Å². The highest BCUT2D eigenvalue weighted by atomic mass is 32.1. The number of nitrogens with zero attached hydrogens (tertiary/aromatic N) is 2. The van der Waals surface area contributed by atoms with Crippen LogP contribution < -0.4 is 10.2 Å². The number of thiophene rings is 1. The van der Waals surface area contributed by atoms with E-state index in [0.29, 0.717) is 6.54 Å². The SMILES string of the molecule is O=C(NCc1cccc(N2CCOCC2)n1)c1csc2c1CCCC2. The third-order valence-corrected chi connectivity index (χ3v) is 5.95. The topological polar surface area (TPSA) is 54.5 Å². The number of aryl methyl sites for hydroxylation is 1. The van der Waals surface area contributed by atoms with Gasteiger partial charge in [0, 0.05) is 23.3 Å². The normalized spacial score (nSPS) is 17.2. The first-order valence-corrected chi connectivity index (χ1v) is 9.85. The summed E-state index contributed by atoms with van der Waals surface area (Å²) in [5, 5.41) is 5.06. The zero-order valence-electron chi connectivity index (χ0n) is 14.3. The van der Waals surface area contributed by atoms with Gasteiger partial charge < -0.3 is 15.0 Å². The van der Waals surface area contributed by atoms with Crippen LogP contribution in [0.25, 0.3) is 0 Å². The molecule has 1 fully saturated rings. The third-order valence-electron chi connectivity index (χ3n) is 4.86. The molecule has 2 aliphatic rings. The van der Waals surface area contributed by atoms with E-state index in [1.165, 1.54) is 23.3 Å². The molecule has 1 aliphatic heterocycles. The van der Waals surface area contributed by atoms with E-state index in [1.54, 1.807) is 11.3 Å². The number of carbonyl (C=O) groups excluding carboxylic acids is 1. The Balaban J connectivity index is 1.41. The van der Waals surface area contributed by atoms with Gasteiger partial charge in [-0.25, -0.2) is 4.98 Å². The number of rotatable bonds is 4. The lowest BCUT2D eigenvalue weighted by Crippen LogP contribution is -2.37. The Morgan fingerprint density at radius 1 is 1.24 bits per heavy atom. The molecular weight excluding hydrogens is 334 g/mol. The Morgan fingerprint density at radius 2 is 2.08 bits per heavy atom. The minimum absolute atomic E-state index is 0.0259. The fourth-order valence-corrected chi connectivity index (χ4v) is 4.61. The maximum atomic E-state index is 12.6. The molecule has 0 aromatic carbocycles. The van der Waals surface area contributed by atoms with E-state index in [-0.39, 0.29) is 5.91 Å². The molecule has 0 radical (unpaired) electrons. The van der Waals surface area contributed by atoms with E-state index in [4.69, 9.17) is 9.72 Å². The van der Waals surface area contributed by atoms with E-state index in [9.17, 15) is 4.79 Å². The zero-order valence-corrected chi connectivity index (χ0v) is 15.1. The van der Waals surface area contributed by atoms with Crippen LogP contribution in [-0.4, -0.2) is 37.2 Å². The Labute approximate surface area is 152 Å². The maximum Gasteiger partial charge on any atom is 0.252 e. The summed E-state index contributed by atoms with van der Waals surface area (Å²) < 4.78 is 5.39. The second-order valence-electron chi connectivity index (χ2n) is 6.53. The Bertz CT molecular complexity index is 753. The van der Waals surface area contributed by atoms with Crippen molar-refractivity contribution in [3.8, 4) is 0 Å². The largest absolute Gasteiger partial charge is 0.378 e. The molecule has 3 heterocycles. The van der Waals surface area contributed by atoms with Crippen LogP contribution in [0.15, 0.2) is 23.6 Å². The van der Waals surface area contributed by atoms with Gasteiger partial charge in [0.2, 0.25) is 0 Å². The third kappa shape index (κ3) is 3.70. The minimum Gasteiger partial charge on any atom is -0.378 e. The van der Waals surface area contributed by atoms with Crippen LogP contribution in [0.2, 0.25) is 0 Å². The van der Waals surface area contributed by atoms with Crippen molar-refractivity contribution in [3.05, 3.63) is 45.3 Å². The number of anilines is 1. The first kappa shape index (κ1) is 16.5. The van der Waals surface area contributed by atoms with Crippen molar-refractivity contribution in [1.29, 1.82) is 0 Å². The molecule has 0 saturated carbocycles. The van der Waals surface area contributed by atoms with E-state index >= 15 is 0 Å². The number of carbonyl (C=O) groups is 1. The van der Waals surface area contributed by atoms with Crippen LogP contribution in [0.3, 0.4) is 0 Å². The van der Waals surface area contributed by atoms with Gasteiger partial charge in [0.05, 0.1) is 31.0 Å². The highest BCUT2D eigenvalue weighted by Crippen LogP contribution is 2.30. The van der Waals surface area contributed by atoms with Crippen molar-refractivity contribution in [3.63, 3.8) is 0 Å². The Hall–Kier alpha value is -1.92. The van der Waals surface area contributed by atoms with E-state index < -0.39 is 0 Å². The van der Waals surface area contributed by atoms with Crippen molar-refractivity contribution in [1.82, 2.24) is 10.3 Å². The number of morpholine rings is 1. The second kappa shape index (κ2) is 7.54. The Kier molecular flexibility index (Phi) is 4.99. The molecule has 1 aliphatic carbocycles. The first-order chi connectivity index (χ1) is 12.3. The average Bonchev–Trinajstić information content (AvgIpc) is 3.11. The molecule has 1 saturated heterocycles. The zero-order chi connectivity index (χ0) is 17.1. The molecule has 5 nitrogen and oxygen atoms in total. The van der Waals surface area contributed by atoms with E-state index in [0.717, 1.165) is 56.2 Å². The van der Waals surface area contributed by atoms with Gasteiger partial charge in [-0.3, -0.25) is 4.79 Å². The molecule has 2 aromatic rings. The lowest BCUT2D eigenvalue weighted by Gasteiger charge is -2.28. The minimum atomic E-state index is 0.0259. The second-order valence-corrected chi connectivity index (χ2v) is 7.49. The summed E-state index contributed by atoms with van der Waals surface area (Å²) in [6.07, 6.45) is 4.59. The fourth-order valence-electron chi connectivity index (χ4n) is 3.48. The number of ether oxygens (including phenoxy) is 1. The predicted octanol–water partition coefficient (Wildman–Crippen LogP) is 2.79. The van der Waals surface area contributed by atoms with Gasteiger partial charge in [-0.05, 0) is 43.4 Å². The number of nitrogens with one attached hydrogen (secondary N) is 1. The number of hydrogen-bond donors (Lipinski definition) is 1. The summed E-state index contributed by atoms with van der Waals surface area (Å²) in [4.78, 5) is 20.9. The van der Waals surface area contributed by atoms with Gasteiger partial charge >= 0.3 is 0 Å². The summed E-state index contributed by atoms with van der Waals surface area (Å²) in [7, 11) is 0. The molecule has 25 heavy (non-hydrogen) atoms. The van der Waals surface area contributed by atoms with Crippen molar-refractivity contribution in [2.75, 3.05) is 31.2 Å². The molecule has 4 rings (SSSR count). The molecule has 132 valence electrons. The molecule has 2 aromatic heterocycles. The molecule has 0 unspecified atom stereocenters. The summed E-state index contributed by atoms with van der Waals surface area (Å²) in [5.41, 5.74) is 3.02. The standard InChI is InChI=1S/C19H23N3O2S/c23-19(16-13-25-17-6-2-1-5-15(16)17)20-12-14-4-3-7-18(21-14)22-8-10-24-11-9-22/h3-4,7,13H,1-2,5-6,8-12H2,(H,20,23). The summed E-state index contributed by atoms with van der Waals surface area (Å²) in [5.74, 6) is 0.987. The molecule has 0 spiro atoms. The van der Waals surface area contributed by atoms with E-state index in [2.05, 4.69) is 10.2 Å². The van der Waals surface area contributed by atoms with Gasteiger partial charge in [0.25, 0.3) is 5.91 Å². The number of aromatic nitrogens is 1. The lowest BCUT2D eigenvalue weighted by molar-refractivity contribution is 0.0949. The highest BCUT2D eigenvalue weighted by molar-refractivity contribution is 7.10. The predicted molar refractivity (Wildman–Crippen MR) is 99.4 cm³/mol. The first-order valence-electron chi connectivity index (χ1n) is 8.97. The number of fused-ring (bicyclic) bond motifs is 1. The van der Waals surface area contributed by atoms with Gasteiger partial charge in [0.15, 0.2) is 0 Å².